The molecule has 2 aromatic carbocycles. The summed E-state index contributed by atoms with van der Waals surface area (Å²) in [6.45, 7) is 0. The number of rotatable bonds is 2. The van der Waals surface area contributed by atoms with Crippen LogP contribution >= 0.6 is 23.2 Å². The third-order valence-corrected chi connectivity index (χ3v) is 3.77. The average Bonchev–Trinajstić information content (AvgIpc) is 2.42. The van der Waals surface area contributed by atoms with Gasteiger partial charge in [0.15, 0.2) is 0 Å². The molecule has 112 valence electrons. The van der Waals surface area contributed by atoms with E-state index in [1.165, 1.54) is 18.2 Å². The number of carbonyl (C=O) groups excluding carboxylic acids is 1. The molecule has 2 aromatic rings. The van der Waals surface area contributed by atoms with Gasteiger partial charge < -0.3 is 5.73 Å². The van der Waals surface area contributed by atoms with Gasteiger partial charge in [0.25, 0.3) is 5.24 Å². The zero-order valence-corrected chi connectivity index (χ0v) is 13.0. The number of carbonyl (C=O) groups is 1. The number of hydrogen-bond donors (Lipinski definition) is 2. The fourth-order valence-corrected chi connectivity index (χ4v) is 2.06. The predicted octanol–water partition coefficient (Wildman–Crippen LogP) is 2.64. The summed E-state index contributed by atoms with van der Waals surface area (Å²) in [6.07, 6.45) is 0. The van der Waals surface area contributed by atoms with E-state index in [1.807, 2.05) is 6.07 Å². The number of nitrogens with two attached hydrogens (primary N) is 2. The highest BCUT2D eigenvalue weighted by atomic mass is 35.5. The van der Waals surface area contributed by atoms with E-state index >= 15 is 0 Å². The van der Waals surface area contributed by atoms with Crippen LogP contribution in [0.5, 0.6) is 0 Å². The van der Waals surface area contributed by atoms with Crippen molar-refractivity contribution in [2.45, 2.75) is 4.90 Å². The fourth-order valence-electron chi connectivity index (χ4n) is 1.27. The standard InChI is InChI=1S/C7H5ClO.C6H7ClN2O2S/c8-7(9)6-4-2-1-3-5-6;7-5-2-1-4(3-6(5)8)12(9,10)11/h1-5H;1-3H,8H2,(H2,9,10,11). The number of anilines is 1. The molecule has 0 atom stereocenters. The van der Waals surface area contributed by atoms with Crippen molar-refractivity contribution in [1.82, 2.24) is 0 Å². The molecule has 0 amide bonds. The minimum Gasteiger partial charge on any atom is -0.397 e. The first-order valence-corrected chi connectivity index (χ1v) is 7.84. The van der Waals surface area contributed by atoms with Gasteiger partial charge in [-0.05, 0) is 29.8 Å². The predicted molar refractivity (Wildman–Crippen MR) is 83.9 cm³/mol. The van der Waals surface area contributed by atoms with Gasteiger partial charge in [0.2, 0.25) is 10.0 Å². The molecular formula is C13H12Cl2N2O3S. The second-order valence-corrected chi connectivity index (χ2v) is 6.18. The van der Waals surface area contributed by atoms with Gasteiger partial charge in [-0.2, -0.15) is 0 Å². The van der Waals surface area contributed by atoms with Crippen molar-refractivity contribution in [2.75, 3.05) is 5.73 Å². The summed E-state index contributed by atoms with van der Waals surface area (Å²) in [7, 11) is -3.68. The molecule has 0 bridgehead atoms. The molecule has 0 aromatic heterocycles. The summed E-state index contributed by atoms with van der Waals surface area (Å²) in [5.74, 6) is 0. The third-order valence-electron chi connectivity index (χ3n) is 2.30. The highest BCUT2D eigenvalue weighted by Gasteiger charge is 2.08. The Labute approximate surface area is 132 Å². The number of hydrogen-bond acceptors (Lipinski definition) is 4. The maximum absolute atomic E-state index is 10.8. The van der Waals surface area contributed by atoms with E-state index in [-0.39, 0.29) is 10.6 Å². The van der Waals surface area contributed by atoms with Gasteiger partial charge in [-0.15, -0.1) is 0 Å². The average molecular weight is 347 g/mol. The lowest BCUT2D eigenvalue weighted by atomic mass is 10.2. The lowest BCUT2D eigenvalue weighted by Gasteiger charge is -2.00. The van der Waals surface area contributed by atoms with E-state index in [1.54, 1.807) is 24.3 Å². The number of nitrogen functional groups attached to an aromatic ring is 1. The summed E-state index contributed by atoms with van der Waals surface area (Å²) in [4.78, 5) is 10.4. The maximum Gasteiger partial charge on any atom is 0.252 e. The van der Waals surface area contributed by atoms with Crippen molar-refractivity contribution in [1.29, 1.82) is 0 Å². The van der Waals surface area contributed by atoms with Gasteiger partial charge in [0, 0.05) is 5.56 Å². The van der Waals surface area contributed by atoms with Gasteiger partial charge in [-0.3, -0.25) is 4.79 Å². The first kappa shape index (κ1) is 17.5. The SMILES string of the molecule is Nc1cc(S(N)(=O)=O)ccc1Cl.O=C(Cl)c1ccccc1. The summed E-state index contributed by atoms with van der Waals surface area (Å²) >= 11 is 10.7. The van der Waals surface area contributed by atoms with Crippen molar-refractivity contribution in [3.8, 4) is 0 Å². The molecule has 0 spiro atoms. The summed E-state index contributed by atoms with van der Waals surface area (Å²) in [5.41, 5.74) is 6.10. The lowest BCUT2D eigenvalue weighted by Crippen LogP contribution is -2.12. The smallest absolute Gasteiger partial charge is 0.252 e. The van der Waals surface area contributed by atoms with E-state index in [2.05, 4.69) is 0 Å². The molecule has 0 saturated heterocycles. The molecule has 8 heteroatoms. The zero-order chi connectivity index (χ0) is 16.0. The van der Waals surface area contributed by atoms with Crippen LogP contribution in [0.25, 0.3) is 0 Å². The number of primary sulfonamides is 1. The molecule has 0 heterocycles. The number of halogens is 2. The molecule has 21 heavy (non-hydrogen) atoms. The second-order valence-electron chi connectivity index (χ2n) is 3.87. The van der Waals surface area contributed by atoms with Crippen LogP contribution in [0.4, 0.5) is 5.69 Å². The lowest BCUT2D eigenvalue weighted by molar-refractivity contribution is 0.108. The van der Waals surface area contributed by atoms with Crippen LogP contribution in [0.2, 0.25) is 5.02 Å². The fraction of sp³-hybridized carbons (Fsp3) is 0. The highest BCUT2D eigenvalue weighted by molar-refractivity contribution is 7.89. The Kier molecular flexibility index (Phi) is 6.17. The summed E-state index contributed by atoms with van der Waals surface area (Å²) in [5, 5.41) is 4.75. The van der Waals surface area contributed by atoms with Crippen LogP contribution < -0.4 is 10.9 Å². The van der Waals surface area contributed by atoms with Crippen molar-refractivity contribution in [3.05, 3.63) is 59.1 Å². The van der Waals surface area contributed by atoms with Crippen LogP contribution in [0.15, 0.2) is 53.4 Å². The van der Waals surface area contributed by atoms with E-state index in [0.717, 1.165) is 0 Å². The molecule has 0 fully saturated rings. The monoisotopic (exact) mass is 346 g/mol. The van der Waals surface area contributed by atoms with E-state index < -0.39 is 15.3 Å². The minimum absolute atomic E-state index is 0.0376. The first-order valence-electron chi connectivity index (χ1n) is 5.54. The summed E-state index contributed by atoms with van der Waals surface area (Å²) < 4.78 is 21.6. The van der Waals surface area contributed by atoms with E-state index in [0.29, 0.717) is 10.6 Å². The molecule has 4 N–H and O–H groups in total. The summed E-state index contributed by atoms with van der Waals surface area (Å²) in [6, 6.07) is 12.6. The van der Waals surface area contributed by atoms with Crippen LogP contribution in [0.1, 0.15) is 10.4 Å². The molecule has 0 radical (unpaired) electrons. The number of benzene rings is 2. The molecule has 0 aliphatic carbocycles. The molecular weight excluding hydrogens is 335 g/mol. The molecule has 5 nitrogen and oxygen atoms in total. The zero-order valence-electron chi connectivity index (χ0n) is 10.7. The van der Waals surface area contributed by atoms with Crippen LogP contribution in [0.3, 0.4) is 0 Å². The quantitative estimate of drug-likeness (QED) is 0.644. The second kappa shape index (κ2) is 7.42. The molecule has 0 aliphatic heterocycles. The largest absolute Gasteiger partial charge is 0.397 e. The van der Waals surface area contributed by atoms with Crippen LogP contribution in [-0.2, 0) is 10.0 Å². The Morgan fingerprint density at radius 3 is 2.00 bits per heavy atom. The van der Waals surface area contributed by atoms with Crippen molar-refractivity contribution < 1.29 is 13.2 Å². The Morgan fingerprint density at radius 1 is 1.05 bits per heavy atom. The van der Waals surface area contributed by atoms with Gasteiger partial charge in [0.05, 0.1) is 15.6 Å². The van der Waals surface area contributed by atoms with E-state index in [4.69, 9.17) is 34.1 Å². The Balaban J connectivity index is 0.000000219. The molecule has 0 unspecified atom stereocenters. The Bertz CT molecular complexity index is 734. The van der Waals surface area contributed by atoms with Crippen molar-refractivity contribution in [3.63, 3.8) is 0 Å². The van der Waals surface area contributed by atoms with Gasteiger partial charge >= 0.3 is 0 Å². The van der Waals surface area contributed by atoms with Crippen molar-refractivity contribution in [2.24, 2.45) is 5.14 Å². The Morgan fingerprint density at radius 2 is 1.62 bits per heavy atom. The molecule has 2 rings (SSSR count). The van der Waals surface area contributed by atoms with Crippen molar-refractivity contribution >= 4 is 44.2 Å². The molecule has 0 saturated carbocycles. The molecule has 0 aliphatic rings. The van der Waals surface area contributed by atoms with Gasteiger partial charge in [0.1, 0.15) is 0 Å². The normalized spacial score (nSPS) is 10.4. The highest BCUT2D eigenvalue weighted by Crippen LogP contribution is 2.21. The van der Waals surface area contributed by atoms with Crippen LogP contribution in [0, 0.1) is 0 Å². The Hall–Kier alpha value is -1.60. The maximum atomic E-state index is 10.8. The minimum atomic E-state index is -3.68. The third kappa shape index (κ3) is 5.73. The van der Waals surface area contributed by atoms with Crippen LogP contribution in [-0.4, -0.2) is 13.7 Å². The topological polar surface area (TPSA) is 103 Å². The van der Waals surface area contributed by atoms with Gasteiger partial charge in [-0.25, -0.2) is 13.6 Å². The van der Waals surface area contributed by atoms with E-state index in [9.17, 15) is 13.2 Å². The number of sulfonamides is 1. The first-order chi connectivity index (χ1) is 9.71. The van der Waals surface area contributed by atoms with Gasteiger partial charge in [-0.1, -0.05) is 41.9 Å².